The highest BCUT2D eigenvalue weighted by Crippen LogP contribution is 2.27. The highest BCUT2D eigenvalue weighted by molar-refractivity contribution is 5.99. The Morgan fingerprint density at radius 2 is 1.92 bits per heavy atom. The van der Waals surface area contributed by atoms with Crippen LogP contribution in [-0.4, -0.2) is 19.0 Å². The molecule has 0 spiro atoms. The molecule has 0 saturated carbocycles. The van der Waals surface area contributed by atoms with Gasteiger partial charge in [-0.3, -0.25) is 10.1 Å². The van der Waals surface area contributed by atoms with Crippen molar-refractivity contribution in [2.45, 2.75) is 13.3 Å². The molecule has 26 heavy (non-hydrogen) atoms. The molecule has 0 bridgehead atoms. The second-order valence-electron chi connectivity index (χ2n) is 5.70. The number of carbonyl (C=O) groups excluding carboxylic acids is 2. The van der Waals surface area contributed by atoms with E-state index in [1.165, 1.54) is 14.0 Å². The largest absolute Gasteiger partial charge is 0.465 e. The van der Waals surface area contributed by atoms with Crippen LogP contribution in [0.1, 0.15) is 27.2 Å². The summed E-state index contributed by atoms with van der Waals surface area (Å²) in [4.78, 5) is 24.3. The Morgan fingerprint density at radius 3 is 2.65 bits per heavy atom. The molecule has 6 heteroatoms. The van der Waals surface area contributed by atoms with Crippen molar-refractivity contribution in [1.82, 2.24) is 0 Å². The summed E-state index contributed by atoms with van der Waals surface area (Å²) in [5, 5.41) is 13.9. The molecule has 2 aromatic carbocycles. The maximum absolute atomic E-state index is 12.5. The molecule has 0 radical (unpaired) electrons. The lowest BCUT2D eigenvalue weighted by Crippen LogP contribution is -2.15. The van der Waals surface area contributed by atoms with Crippen molar-refractivity contribution >= 4 is 28.5 Å². The molecule has 1 heterocycles. The molecule has 0 aliphatic heterocycles. The number of methoxy groups -OCH3 is 1. The van der Waals surface area contributed by atoms with Gasteiger partial charge in [0, 0.05) is 0 Å². The van der Waals surface area contributed by atoms with Gasteiger partial charge in [0.25, 0.3) is 0 Å². The molecule has 3 rings (SSSR count). The highest BCUT2D eigenvalue weighted by atomic mass is 16.5. The van der Waals surface area contributed by atoms with Gasteiger partial charge < -0.3 is 9.15 Å². The van der Waals surface area contributed by atoms with Crippen LogP contribution in [0.25, 0.3) is 10.8 Å². The normalized spacial score (nSPS) is 10.3. The van der Waals surface area contributed by atoms with E-state index >= 15 is 0 Å². The lowest BCUT2D eigenvalue weighted by Gasteiger charge is -2.06. The number of hydrogen-bond acceptors (Lipinski definition) is 5. The number of fused-ring (bicyclic) bond motifs is 1. The van der Waals surface area contributed by atoms with Crippen molar-refractivity contribution in [1.29, 1.82) is 5.26 Å². The number of furan rings is 1. The zero-order chi connectivity index (χ0) is 18.7. The van der Waals surface area contributed by atoms with Crippen LogP contribution in [0.4, 0.5) is 5.88 Å². The van der Waals surface area contributed by atoms with Crippen LogP contribution < -0.4 is 5.32 Å². The summed E-state index contributed by atoms with van der Waals surface area (Å²) in [5.74, 6) is -0.857. The number of benzene rings is 2. The Labute approximate surface area is 150 Å². The minimum atomic E-state index is -0.683. The highest BCUT2D eigenvalue weighted by Gasteiger charge is 2.25. The van der Waals surface area contributed by atoms with Crippen LogP contribution >= 0.6 is 0 Å². The molecule has 130 valence electrons. The molecular formula is C20H16N2O4. The fraction of sp³-hybridized carbons (Fsp3) is 0.150. The van der Waals surface area contributed by atoms with E-state index in [0.717, 1.165) is 16.3 Å². The molecule has 1 aromatic heterocycles. The van der Waals surface area contributed by atoms with Gasteiger partial charge in [-0.15, -0.1) is 0 Å². The Morgan fingerprint density at radius 1 is 1.19 bits per heavy atom. The van der Waals surface area contributed by atoms with Crippen molar-refractivity contribution in [3.63, 3.8) is 0 Å². The van der Waals surface area contributed by atoms with Crippen molar-refractivity contribution in [3.05, 3.63) is 64.9 Å². The van der Waals surface area contributed by atoms with E-state index in [0.29, 0.717) is 0 Å². The first-order chi connectivity index (χ1) is 12.5. The zero-order valence-electron chi connectivity index (χ0n) is 14.3. The van der Waals surface area contributed by atoms with Gasteiger partial charge in [-0.25, -0.2) is 4.79 Å². The average Bonchev–Trinajstić information content (AvgIpc) is 2.96. The first kappa shape index (κ1) is 17.2. The number of rotatable bonds is 4. The lowest BCUT2D eigenvalue weighted by molar-refractivity contribution is -0.115. The Hall–Kier alpha value is -3.59. The fourth-order valence-corrected chi connectivity index (χ4v) is 2.88. The van der Waals surface area contributed by atoms with Gasteiger partial charge in [0.1, 0.15) is 23.0 Å². The van der Waals surface area contributed by atoms with Crippen LogP contribution in [0, 0.1) is 18.3 Å². The number of carbonyl (C=O) groups is 2. The van der Waals surface area contributed by atoms with Crippen molar-refractivity contribution in [2.75, 3.05) is 12.4 Å². The standard InChI is InChI=1S/C20H16N2O4/c1-12-18(20(24)25-2)16(11-21)19(26-12)22-17(23)10-14-8-5-7-13-6-3-4-9-15(13)14/h3-9H,10H2,1-2H3,(H,22,23). The third-order valence-electron chi connectivity index (χ3n) is 4.07. The molecule has 3 aromatic rings. The summed E-state index contributed by atoms with van der Waals surface area (Å²) in [7, 11) is 1.22. The molecule has 6 nitrogen and oxygen atoms in total. The molecule has 0 aliphatic carbocycles. The van der Waals surface area contributed by atoms with Gasteiger partial charge in [-0.05, 0) is 23.3 Å². The molecular weight excluding hydrogens is 332 g/mol. The van der Waals surface area contributed by atoms with Gasteiger partial charge in [-0.2, -0.15) is 5.26 Å². The van der Waals surface area contributed by atoms with Crippen molar-refractivity contribution < 1.29 is 18.7 Å². The number of nitriles is 1. The van der Waals surface area contributed by atoms with Gasteiger partial charge >= 0.3 is 5.97 Å². The summed E-state index contributed by atoms with van der Waals surface area (Å²) in [6, 6.07) is 15.4. The number of nitrogens with one attached hydrogen (secondary N) is 1. The zero-order valence-corrected chi connectivity index (χ0v) is 14.3. The SMILES string of the molecule is COC(=O)c1c(C)oc(NC(=O)Cc2cccc3ccccc23)c1C#N. The number of nitrogens with zero attached hydrogens (tertiary/aromatic N) is 1. The number of ether oxygens (including phenoxy) is 1. The van der Waals surface area contributed by atoms with Gasteiger partial charge in [0.05, 0.1) is 13.5 Å². The maximum Gasteiger partial charge on any atom is 0.342 e. The molecule has 0 fully saturated rings. The van der Waals surface area contributed by atoms with E-state index in [2.05, 4.69) is 10.1 Å². The third kappa shape index (κ3) is 3.15. The van der Waals surface area contributed by atoms with E-state index in [1.807, 2.05) is 48.5 Å². The van der Waals surface area contributed by atoms with Crippen molar-refractivity contribution in [2.24, 2.45) is 0 Å². The first-order valence-electron chi connectivity index (χ1n) is 7.93. The molecule has 1 amide bonds. The number of anilines is 1. The van der Waals surface area contributed by atoms with E-state index in [9.17, 15) is 14.9 Å². The number of amides is 1. The van der Waals surface area contributed by atoms with Crippen LogP contribution in [0.2, 0.25) is 0 Å². The van der Waals surface area contributed by atoms with Gasteiger partial charge in [0.2, 0.25) is 11.8 Å². The van der Waals surface area contributed by atoms with E-state index in [1.54, 1.807) is 0 Å². The minimum absolute atomic E-state index is 0.0236. The molecule has 0 aliphatic rings. The van der Waals surface area contributed by atoms with Crippen LogP contribution in [0.5, 0.6) is 0 Å². The van der Waals surface area contributed by atoms with E-state index in [4.69, 9.17) is 4.42 Å². The number of esters is 1. The van der Waals surface area contributed by atoms with Crippen molar-refractivity contribution in [3.8, 4) is 6.07 Å². The summed E-state index contributed by atoms with van der Waals surface area (Å²) in [6.45, 7) is 1.54. The fourth-order valence-electron chi connectivity index (χ4n) is 2.88. The summed E-state index contributed by atoms with van der Waals surface area (Å²) in [6.07, 6.45) is 0.111. The summed E-state index contributed by atoms with van der Waals surface area (Å²) < 4.78 is 10.1. The average molecular weight is 348 g/mol. The Bertz CT molecular complexity index is 1040. The predicted octanol–water partition coefficient (Wildman–Crippen LogP) is 3.58. The topological polar surface area (TPSA) is 92.3 Å². The Balaban J connectivity index is 1.87. The second kappa shape index (κ2) is 7.11. The second-order valence-corrected chi connectivity index (χ2v) is 5.70. The van der Waals surface area contributed by atoms with E-state index < -0.39 is 5.97 Å². The molecule has 0 unspecified atom stereocenters. The lowest BCUT2D eigenvalue weighted by atomic mass is 10.0. The van der Waals surface area contributed by atoms with E-state index in [-0.39, 0.29) is 35.1 Å². The maximum atomic E-state index is 12.5. The Kier molecular flexibility index (Phi) is 4.72. The third-order valence-corrected chi connectivity index (χ3v) is 4.07. The predicted molar refractivity (Wildman–Crippen MR) is 95.8 cm³/mol. The van der Waals surface area contributed by atoms with Crippen LogP contribution in [0.3, 0.4) is 0 Å². The van der Waals surface area contributed by atoms with Gasteiger partial charge in [0.15, 0.2) is 0 Å². The summed E-state index contributed by atoms with van der Waals surface area (Å²) >= 11 is 0. The van der Waals surface area contributed by atoms with Gasteiger partial charge in [-0.1, -0.05) is 42.5 Å². The molecule has 0 atom stereocenters. The minimum Gasteiger partial charge on any atom is -0.465 e. The molecule has 0 saturated heterocycles. The number of aryl methyl sites for hydroxylation is 1. The first-order valence-corrected chi connectivity index (χ1v) is 7.93. The quantitative estimate of drug-likeness (QED) is 0.728. The van der Waals surface area contributed by atoms with Crippen LogP contribution in [0.15, 0.2) is 46.9 Å². The monoisotopic (exact) mass is 348 g/mol. The van der Waals surface area contributed by atoms with Crippen LogP contribution in [-0.2, 0) is 16.0 Å². The number of hydrogen-bond donors (Lipinski definition) is 1. The smallest absolute Gasteiger partial charge is 0.342 e. The molecule has 1 N–H and O–H groups in total. The summed E-state index contributed by atoms with van der Waals surface area (Å²) in [5.41, 5.74) is 0.839.